The van der Waals surface area contributed by atoms with Crippen molar-refractivity contribution in [2.45, 2.75) is 0 Å². The van der Waals surface area contributed by atoms with Crippen LogP contribution in [0.2, 0.25) is 10.0 Å². The van der Waals surface area contributed by atoms with Crippen LogP contribution in [0.5, 0.6) is 0 Å². The smallest absolute Gasteiger partial charge is 0.288 e. The Morgan fingerprint density at radius 3 is 2.41 bits per heavy atom. The van der Waals surface area contributed by atoms with E-state index in [0.717, 1.165) is 5.69 Å². The Bertz CT molecular complexity index is 846. The summed E-state index contributed by atoms with van der Waals surface area (Å²) in [6.07, 6.45) is 0. The summed E-state index contributed by atoms with van der Waals surface area (Å²) in [5, 5.41) is 4.99. The zero-order chi connectivity index (χ0) is 15.7. The zero-order valence-corrected chi connectivity index (χ0v) is 12.7. The minimum atomic E-state index is -0.698. The maximum atomic E-state index is 11.4. The molecule has 3 rings (SSSR count). The van der Waals surface area contributed by atoms with Gasteiger partial charge in [0.1, 0.15) is 0 Å². The van der Waals surface area contributed by atoms with E-state index in [1.807, 2.05) is 30.3 Å². The molecule has 0 aliphatic heterocycles. The molecule has 7 heteroatoms. The van der Waals surface area contributed by atoms with Crippen molar-refractivity contribution in [3.05, 3.63) is 64.4 Å². The summed E-state index contributed by atoms with van der Waals surface area (Å²) in [4.78, 5) is 15.6. The number of halogens is 2. The van der Waals surface area contributed by atoms with Crippen LogP contribution in [0.1, 0.15) is 10.6 Å². The van der Waals surface area contributed by atoms with E-state index in [1.54, 1.807) is 22.9 Å². The van der Waals surface area contributed by atoms with Crippen molar-refractivity contribution in [1.29, 1.82) is 0 Å². The van der Waals surface area contributed by atoms with Crippen LogP contribution in [0.4, 0.5) is 0 Å². The SMILES string of the molecule is NC(=O)c1nc(-c2ccc(Cl)c(Cl)c2)n(-c2ccccc2)n1. The number of amides is 1. The predicted molar refractivity (Wildman–Crippen MR) is 85.3 cm³/mol. The molecule has 0 unspecified atom stereocenters. The number of carbonyl (C=O) groups is 1. The minimum absolute atomic E-state index is 0.0649. The third kappa shape index (κ3) is 2.68. The van der Waals surface area contributed by atoms with Gasteiger partial charge in [-0.1, -0.05) is 41.4 Å². The molecule has 0 bridgehead atoms. The topological polar surface area (TPSA) is 73.8 Å². The molecule has 2 N–H and O–H groups in total. The molecule has 0 saturated heterocycles. The number of carbonyl (C=O) groups excluding carboxylic acids is 1. The summed E-state index contributed by atoms with van der Waals surface area (Å²) in [6, 6.07) is 14.4. The second-order valence-corrected chi connectivity index (χ2v) is 5.31. The van der Waals surface area contributed by atoms with Gasteiger partial charge in [0.2, 0.25) is 5.82 Å². The first-order chi connectivity index (χ1) is 10.6. The Morgan fingerprint density at radius 2 is 1.77 bits per heavy atom. The second kappa shape index (κ2) is 5.79. The summed E-state index contributed by atoms with van der Waals surface area (Å²) in [7, 11) is 0. The number of nitrogens with zero attached hydrogens (tertiary/aromatic N) is 3. The van der Waals surface area contributed by atoms with Gasteiger partial charge >= 0.3 is 0 Å². The fourth-order valence-corrected chi connectivity index (χ4v) is 2.29. The van der Waals surface area contributed by atoms with Gasteiger partial charge in [-0.3, -0.25) is 4.79 Å². The lowest BCUT2D eigenvalue weighted by molar-refractivity contribution is 0.0990. The maximum Gasteiger partial charge on any atom is 0.288 e. The largest absolute Gasteiger partial charge is 0.363 e. The fraction of sp³-hybridized carbons (Fsp3) is 0. The summed E-state index contributed by atoms with van der Waals surface area (Å²) < 4.78 is 1.54. The number of primary amides is 1. The highest BCUT2D eigenvalue weighted by Gasteiger charge is 2.17. The molecule has 22 heavy (non-hydrogen) atoms. The molecule has 2 aromatic carbocycles. The molecule has 1 aromatic heterocycles. The van der Waals surface area contributed by atoms with Gasteiger partial charge in [-0.25, -0.2) is 9.67 Å². The van der Waals surface area contributed by atoms with Crippen LogP contribution in [0, 0.1) is 0 Å². The Morgan fingerprint density at radius 1 is 1.05 bits per heavy atom. The van der Waals surface area contributed by atoms with E-state index >= 15 is 0 Å². The summed E-state index contributed by atoms with van der Waals surface area (Å²) in [6.45, 7) is 0. The van der Waals surface area contributed by atoms with Gasteiger partial charge in [-0.15, -0.1) is 5.10 Å². The Kier molecular flexibility index (Phi) is 3.83. The van der Waals surface area contributed by atoms with Crippen molar-refractivity contribution < 1.29 is 4.79 Å². The van der Waals surface area contributed by atoms with Crippen molar-refractivity contribution in [3.63, 3.8) is 0 Å². The molecular formula is C15H10Cl2N4O. The van der Waals surface area contributed by atoms with Crippen LogP contribution < -0.4 is 5.73 Å². The van der Waals surface area contributed by atoms with E-state index in [2.05, 4.69) is 10.1 Å². The van der Waals surface area contributed by atoms with Crippen molar-refractivity contribution in [2.24, 2.45) is 5.73 Å². The second-order valence-electron chi connectivity index (χ2n) is 4.50. The van der Waals surface area contributed by atoms with Crippen LogP contribution in [0.25, 0.3) is 17.1 Å². The molecule has 0 atom stereocenters. The Labute approximate surface area is 136 Å². The van der Waals surface area contributed by atoms with Crippen LogP contribution in [0.15, 0.2) is 48.5 Å². The van der Waals surface area contributed by atoms with Gasteiger partial charge in [0.25, 0.3) is 5.91 Å². The highest BCUT2D eigenvalue weighted by atomic mass is 35.5. The van der Waals surface area contributed by atoms with E-state index in [1.165, 1.54) is 0 Å². The molecule has 0 aliphatic carbocycles. The van der Waals surface area contributed by atoms with E-state index < -0.39 is 5.91 Å². The molecule has 0 radical (unpaired) electrons. The normalized spacial score (nSPS) is 10.6. The summed E-state index contributed by atoms with van der Waals surface area (Å²) in [5.41, 5.74) is 6.71. The van der Waals surface area contributed by atoms with Crippen molar-refractivity contribution >= 4 is 29.1 Å². The lowest BCUT2D eigenvalue weighted by Gasteiger charge is -2.06. The zero-order valence-electron chi connectivity index (χ0n) is 11.2. The molecule has 5 nitrogen and oxygen atoms in total. The number of hydrogen-bond acceptors (Lipinski definition) is 3. The highest BCUT2D eigenvalue weighted by Crippen LogP contribution is 2.28. The molecular weight excluding hydrogens is 323 g/mol. The molecule has 0 spiro atoms. The number of para-hydroxylation sites is 1. The molecule has 110 valence electrons. The van der Waals surface area contributed by atoms with Crippen LogP contribution in [-0.4, -0.2) is 20.7 Å². The molecule has 3 aromatic rings. The molecule has 1 amide bonds. The van der Waals surface area contributed by atoms with Gasteiger partial charge in [-0.05, 0) is 30.3 Å². The standard InChI is InChI=1S/C15H10Cl2N4O/c16-11-7-6-9(8-12(11)17)15-19-14(13(18)22)20-21(15)10-4-2-1-3-5-10/h1-8H,(H2,18,22). The predicted octanol–water partition coefficient (Wildman–Crippen LogP) is 3.34. The first-order valence-corrected chi connectivity index (χ1v) is 7.09. The third-order valence-electron chi connectivity index (χ3n) is 3.01. The van der Waals surface area contributed by atoms with Gasteiger partial charge < -0.3 is 5.73 Å². The summed E-state index contributed by atoms with van der Waals surface area (Å²) in [5.74, 6) is -0.306. The number of benzene rings is 2. The van der Waals surface area contributed by atoms with E-state index in [-0.39, 0.29) is 5.82 Å². The average molecular weight is 333 g/mol. The number of aromatic nitrogens is 3. The monoisotopic (exact) mass is 332 g/mol. The van der Waals surface area contributed by atoms with Crippen LogP contribution >= 0.6 is 23.2 Å². The minimum Gasteiger partial charge on any atom is -0.363 e. The van der Waals surface area contributed by atoms with Crippen molar-refractivity contribution in [1.82, 2.24) is 14.8 Å². The first kappa shape index (κ1) is 14.6. The molecule has 0 aliphatic rings. The third-order valence-corrected chi connectivity index (χ3v) is 3.75. The Balaban J connectivity index is 2.21. The van der Waals surface area contributed by atoms with Crippen LogP contribution in [0.3, 0.4) is 0 Å². The molecule has 1 heterocycles. The number of hydrogen-bond donors (Lipinski definition) is 1. The van der Waals surface area contributed by atoms with Gasteiger partial charge in [-0.2, -0.15) is 0 Å². The van der Waals surface area contributed by atoms with Gasteiger partial charge in [0.05, 0.1) is 15.7 Å². The lowest BCUT2D eigenvalue weighted by Crippen LogP contribution is -2.13. The highest BCUT2D eigenvalue weighted by molar-refractivity contribution is 6.42. The average Bonchev–Trinajstić information content (AvgIpc) is 2.96. The van der Waals surface area contributed by atoms with E-state index in [0.29, 0.717) is 21.4 Å². The fourth-order valence-electron chi connectivity index (χ4n) is 1.99. The quantitative estimate of drug-likeness (QED) is 0.799. The maximum absolute atomic E-state index is 11.4. The van der Waals surface area contributed by atoms with Crippen LogP contribution in [-0.2, 0) is 0 Å². The number of rotatable bonds is 3. The Hall–Kier alpha value is -2.37. The number of nitrogens with two attached hydrogens (primary N) is 1. The summed E-state index contributed by atoms with van der Waals surface area (Å²) >= 11 is 12.0. The van der Waals surface area contributed by atoms with E-state index in [4.69, 9.17) is 28.9 Å². The lowest BCUT2D eigenvalue weighted by atomic mass is 10.2. The molecule has 0 saturated carbocycles. The van der Waals surface area contributed by atoms with E-state index in [9.17, 15) is 4.79 Å². The first-order valence-electron chi connectivity index (χ1n) is 6.34. The molecule has 0 fully saturated rings. The van der Waals surface area contributed by atoms with Crippen molar-refractivity contribution in [2.75, 3.05) is 0 Å². The van der Waals surface area contributed by atoms with Gasteiger partial charge in [0.15, 0.2) is 5.82 Å². The van der Waals surface area contributed by atoms with Crippen molar-refractivity contribution in [3.8, 4) is 17.1 Å². The van der Waals surface area contributed by atoms with Gasteiger partial charge in [0, 0.05) is 5.56 Å².